The van der Waals surface area contributed by atoms with E-state index < -0.39 is 47.9 Å². The minimum atomic E-state index is -1.37. The Morgan fingerprint density at radius 2 is 1.64 bits per heavy atom. The van der Waals surface area contributed by atoms with E-state index in [0.29, 0.717) is 53.0 Å². The number of allylic oxidation sites excluding steroid dienone is 3. The van der Waals surface area contributed by atoms with Gasteiger partial charge in [0, 0.05) is 65.7 Å². The number of ether oxygens (including phenoxy) is 4. The second-order valence-corrected chi connectivity index (χ2v) is 26.6. The molecule has 14 rings (SSSR count). The molecule has 3 N–H and O–H groups in total. The van der Waals surface area contributed by atoms with Crippen LogP contribution in [0.2, 0.25) is 0 Å². The highest BCUT2D eigenvalue weighted by atomic mass is 16.6. The fourth-order valence-electron chi connectivity index (χ4n) is 18.3. The van der Waals surface area contributed by atoms with Gasteiger partial charge in [-0.25, -0.2) is 9.59 Å². The molecular formula is C75H80O11. The molecule has 2 fully saturated rings. The van der Waals surface area contributed by atoms with E-state index in [9.17, 15) is 20.1 Å². The van der Waals surface area contributed by atoms with Crippen LogP contribution in [0.1, 0.15) is 181 Å². The highest BCUT2D eigenvalue weighted by Gasteiger charge is 2.62. The molecule has 1 aromatic heterocycles. The molecule has 0 saturated heterocycles. The van der Waals surface area contributed by atoms with Crippen molar-refractivity contribution in [2.45, 2.75) is 157 Å². The molecule has 3 aliphatic heterocycles. The van der Waals surface area contributed by atoms with Crippen molar-refractivity contribution in [3.05, 3.63) is 210 Å². The lowest BCUT2D eigenvalue weighted by atomic mass is 9.54. The SMILES string of the molecule is COC[C@@H](CCO)c1c(CO)c2ccc3c(c2oc1=O)[C@H]1OC(=O)C[C@@H]2C[C@@H](c4cccc([C@]56CCCC[C@@H]5CCc5ccccc56)c4)C=C[C@H]2c2ccc4c(c2)CC[C@@H]2[C@H]5C=Cc6ccccc6[C@H]5C[C@@H]2[C@](C)(O3)[C@H]1OC(=O)/C(=C(/C)CO)CC4. The smallest absolute Gasteiger partial charge is 0.340 e. The highest BCUT2D eigenvalue weighted by molar-refractivity contribution is 5.90. The second-order valence-electron chi connectivity index (χ2n) is 26.6. The van der Waals surface area contributed by atoms with E-state index in [2.05, 4.69) is 115 Å². The predicted molar refractivity (Wildman–Crippen MR) is 330 cm³/mol. The standard InChI is InChI=1S/C75H80O11/c1-43(40-77)55-26-21-44-18-19-50-35-48(44)24-29-59-58-28-22-45-11-4-6-16-57(45)61(58)39-64(59)74(2)71(85-72(55)80)70(68-65(86-74)31-30-60-62(41-78)67(73(81)84-69(60)68)51(32-34-76)42-82-3)83-66(79)38-52-36-49(23-27-56(50)52)47-13-10-15-54(37-47)75-33-9-8-14-53(75)25-20-46-12-5-7-17-63(46)75/h4-7,10-13,15-19,22-23,27-28,30-31,35,37,49,51-53,56,58-59,61,64,70-71,76-78H,8-9,14,20-21,24-26,29,32-34,36,38-42H2,1-3H3/b55-43-/t49-,51+,52-,53+,56-,58+,59+,61+,64-,70+,71-,74-,75-/m0/s1. The van der Waals surface area contributed by atoms with Crippen LogP contribution >= 0.6 is 0 Å². The van der Waals surface area contributed by atoms with Crippen molar-refractivity contribution >= 4 is 29.0 Å². The van der Waals surface area contributed by atoms with Crippen LogP contribution < -0.4 is 10.4 Å². The summed E-state index contributed by atoms with van der Waals surface area (Å²) in [6, 6.07) is 37.5. The number of rotatable bonds is 9. The summed E-state index contributed by atoms with van der Waals surface area (Å²) in [4.78, 5) is 46.2. The van der Waals surface area contributed by atoms with Crippen molar-refractivity contribution in [3.8, 4) is 5.75 Å². The number of aliphatic hydroxyl groups excluding tert-OH is 3. The summed E-state index contributed by atoms with van der Waals surface area (Å²) in [6.45, 7) is 2.71. The zero-order valence-electron chi connectivity index (χ0n) is 49.8. The van der Waals surface area contributed by atoms with Gasteiger partial charge < -0.3 is 38.7 Å². The normalized spacial score (nSPS) is 30.8. The van der Waals surface area contributed by atoms with Gasteiger partial charge in [0.1, 0.15) is 11.3 Å². The van der Waals surface area contributed by atoms with Gasteiger partial charge in [-0.3, -0.25) is 4.79 Å². The summed E-state index contributed by atoms with van der Waals surface area (Å²) in [5, 5.41) is 32.7. The van der Waals surface area contributed by atoms with Crippen LogP contribution in [0.5, 0.6) is 5.75 Å². The van der Waals surface area contributed by atoms with Gasteiger partial charge in [-0.05, 0) is 187 Å². The molecule has 0 unspecified atom stereocenters. The Balaban J connectivity index is 0.955. The van der Waals surface area contributed by atoms with Crippen molar-refractivity contribution in [1.82, 2.24) is 0 Å². The number of benzene rings is 5. The van der Waals surface area contributed by atoms with Gasteiger partial charge in [0.2, 0.25) is 0 Å². The molecule has 5 bridgehead atoms. The number of aliphatic hydroxyl groups is 3. The van der Waals surface area contributed by atoms with Crippen LogP contribution in [0.15, 0.2) is 142 Å². The van der Waals surface area contributed by atoms with Crippen LogP contribution in [0.3, 0.4) is 0 Å². The number of fused-ring (bicyclic) bond motifs is 14. The molecule has 13 atom stereocenters. The Bertz CT molecular complexity index is 3790. The predicted octanol–water partition coefficient (Wildman–Crippen LogP) is 13.3. The Kier molecular flexibility index (Phi) is 15.2. The first-order chi connectivity index (χ1) is 41.9. The van der Waals surface area contributed by atoms with E-state index in [4.69, 9.17) is 23.4 Å². The highest BCUT2D eigenvalue weighted by Crippen LogP contribution is 2.61. The van der Waals surface area contributed by atoms with E-state index in [1.54, 1.807) is 13.0 Å². The minimum Gasteiger partial charge on any atom is -0.483 e. The summed E-state index contributed by atoms with van der Waals surface area (Å²) in [6.07, 6.45) is 17.7. The molecule has 0 spiro atoms. The second kappa shape index (κ2) is 23.0. The molecule has 8 aliphatic rings. The zero-order valence-corrected chi connectivity index (χ0v) is 49.8. The maximum absolute atomic E-state index is 15.9. The fourth-order valence-corrected chi connectivity index (χ4v) is 18.3. The van der Waals surface area contributed by atoms with Gasteiger partial charge in [0.15, 0.2) is 17.8 Å². The average Bonchev–Trinajstić information content (AvgIpc) is 1.23. The van der Waals surface area contributed by atoms with Crippen molar-refractivity contribution in [2.75, 3.05) is 26.9 Å². The van der Waals surface area contributed by atoms with Gasteiger partial charge in [0.25, 0.3) is 0 Å². The number of hydrogen-bond donors (Lipinski definition) is 3. The van der Waals surface area contributed by atoms with Gasteiger partial charge >= 0.3 is 17.6 Å². The molecule has 446 valence electrons. The summed E-state index contributed by atoms with van der Waals surface area (Å²) >= 11 is 0. The summed E-state index contributed by atoms with van der Waals surface area (Å²) in [5.74, 6) is -1.27. The quantitative estimate of drug-likeness (QED) is 0.0547. The first-order valence-electron chi connectivity index (χ1n) is 31.9. The van der Waals surface area contributed by atoms with Gasteiger partial charge in [-0.15, -0.1) is 0 Å². The number of carbonyl (C=O) groups excluding carboxylic acids is 2. The Hall–Kier alpha value is -6.89. The molecule has 2 saturated carbocycles. The van der Waals surface area contributed by atoms with Gasteiger partial charge in [-0.2, -0.15) is 0 Å². The fraction of sp³-hybridized carbons (Fsp3) is 0.453. The van der Waals surface area contributed by atoms with E-state index in [1.807, 2.05) is 13.0 Å². The van der Waals surface area contributed by atoms with Crippen molar-refractivity contribution in [3.63, 3.8) is 0 Å². The molecule has 5 aromatic carbocycles. The monoisotopic (exact) mass is 1160 g/mol. The molecule has 11 nitrogen and oxygen atoms in total. The Morgan fingerprint density at radius 3 is 2.49 bits per heavy atom. The Morgan fingerprint density at radius 1 is 0.791 bits per heavy atom. The topological polar surface area (TPSA) is 162 Å². The van der Waals surface area contributed by atoms with E-state index in [0.717, 1.165) is 36.8 Å². The van der Waals surface area contributed by atoms with Gasteiger partial charge in [-0.1, -0.05) is 128 Å². The lowest BCUT2D eigenvalue weighted by Gasteiger charge is -2.50. The number of methoxy groups -OCH3 is 1. The molecule has 86 heavy (non-hydrogen) atoms. The summed E-state index contributed by atoms with van der Waals surface area (Å²) in [7, 11) is 1.52. The number of esters is 2. The third-order valence-electron chi connectivity index (χ3n) is 22.4. The average molecular weight is 1160 g/mol. The minimum absolute atomic E-state index is 0.000773. The molecular weight excluding hydrogens is 1080 g/mol. The maximum Gasteiger partial charge on any atom is 0.340 e. The molecule has 6 aromatic rings. The molecule has 0 amide bonds. The maximum atomic E-state index is 15.9. The largest absolute Gasteiger partial charge is 0.483 e. The molecule has 5 aliphatic carbocycles. The Labute approximate surface area is 504 Å². The first kappa shape index (κ1) is 56.9. The van der Waals surface area contributed by atoms with Crippen LogP contribution in [0, 0.1) is 29.6 Å². The summed E-state index contributed by atoms with van der Waals surface area (Å²) in [5.41, 5.74) is 11.0. The lowest BCUT2D eigenvalue weighted by molar-refractivity contribution is -0.202. The van der Waals surface area contributed by atoms with Crippen LogP contribution in [-0.4, -0.2) is 65.9 Å². The van der Waals surface area contributed by atoms with Crippen molar-refractivity contribution in [2.24, 2.45) is 29.6 Å². The third-order valence-corrected chi connectivity index (χ3v) is 22.4. The van der Waals surface area contributed by atoms with Gasteiger partial charge in [0.05, 0.1) is 25.4 Å². The van der Waals surface area contributed by atoms with Crippen LogP contribution in [0.25, 0.3) is 17.0 Å². The molecule has 0 radical (unpaired) electrons. The van der Waals surface area contributed by atoms with E-state index in [-0.39, 0.29) is 103 Å². The van der Waals surface area contributed by atoms with Crippen molar-refractivity contribution < 1.29 is 48.3 Å². The summed E-state index contributed by atoms with van der Waals surface area (Å²) < 4.78 is 33.9. The van der Waals surface area contributed by atoms with Crippen LogP contribution in [-0.2, 0) is 55.1 Å². The third kappa shape index (κ3) is 9.48. The lowest BCUT2D eigenvalue weighted by Crippen LogP contribution is -2.59. The van der Waals surface area contributed by atoms with Crippen molar-refractivity contribution in [1.29, 1.82) is 0 Å². The first-order valence-corrected chi connectivity index (χ1v) is 31.9. The number of carbonyl (C=O) groups is 2. The van der Waals surface area contributed by atoms with E-state index in [1.165, 1.54) is 71.7 Å². The zero-order chi connectivity index (χ0) is 59.0. The number of hydrogen-bond acceptors (Lipinski definition) is 11. The number of aryl methyl sites for hydroxylation is 3. The molecule has 4 heterocycles. The molecule has 11 heteroatoms. The van der Waals surface area contributed by atoms with E-state index >= 15 is 9.59 Å². The van der Waals surface area contributed by atoms with Crippen LogP contribution in [0.4, 0.5) is 0 Å².